The molecule has 0 aromatic heterocycles. The Balaban J connectivity index is 2.45. The Morgan fingerprint density at radius 1 is 1.05 bits per heavy atom. The predicted molar refractivity (Wildman–Crippen MR) is 79.9 cm³/mol. The molecule has 0 aliphatic carbocycles. The molecule has 98 valence electrons. The van der Waals surface area contributed by atoms with Crippen LogP contribution in [0.1, 0.15) is 11.1 Å². The van der Waals surface area contributed by atoms with Gasteiger partial charge in [0.05, 0.1) is 10.0 Å². The fraction of sp³-hybridized carbons (Fsp3) is 0. The first-order chi connectivity index (χ1) is 8.99. The Morgan fingerprint density at radius 2 is 1.79 bits per heavy atom. The lowest BCUT2D eigenvalue weighted by Gasteiger charge is -2.06. The van der Waals surface area contributed by atoms with E-state index in [0.717, 1.165) is 0 Å². The van der Waals surface area contributed by atoms with Crippen LogP contribution in [-0.2, 0) is 0 Å². The molecule has 0 aliphatic rings. The maximum Gasteiger partial charge on any atom is 0.149 e. The number of benzene rings is 2. The van der Waals surface area contributed by atoms with Crippen molar-refractivity contribution >= 4 is 46.6 Å². The number of halogens is 4. The molecule has 2 N–H and O–H groups in total. The van der Waals surface area contributed by atoms with Gasteiger partial charge in [-0.05, 0) is 30.3 Å². The maximum atomic E-state index is 13.8. The average Bonchev–Trinajstić information content (AvgIpc) is 2.34. The van der Waals surface area contributed by atoms with Crippen LogP contribution in [0, 0.1) is 5.82 Å². The van der Waals surface area contributed by atoms with Crippen molar-refractivity contribution in [2.24, 2.45) is 5.73 Å². The molecule has 0 fully saturated rings. The molecule has 0 amide bonds. The topological polar surface area (TPSA) is 26.0 Å². The lowest BCUT2D eigenvalue weighted by molar-refractivity contribution is 0.625. The zero-order chi connectivity index (χ0) is 14.0. The Kier molecular flexibility index (Phi) is 4.35. The SMILES string of the molecule is N/C(=C\c1cccc(Cl)c1F)c1ccc(Cl)cc1Cl. The summed E-state index contributed by atoms with van der Waals surface area (Å²) in [6, 6.07) is 9.62. The quantitative estimate of drug-likeness (QED) is 0.753. The molecule has 0 radical (unpaired) electrons. The van der Waals surface area contributed by atoms with Crippen LogP contribution in [-0.4, -0.2) is 0 Å². The van der Waals surface area contributed by atoms with Gasteiger partial charge in [-0.25, -0.2) is 4.39 Å². The van der Waals surface area contributed by atoms with E-state index in [1.165, 1.54) is 12.1 Å². The van der Waals surface area contributed by atoms with Crippen LogP contribution in [0.2, 0.25) is 15.1 Å². The molecule has 0 unspecified atom stereocenters. The first-order valence-corrected chi connectivity index (χ1v) is 6.49. The smallest absolute Gasteiger partial charge is 0.149 e. The normalized spacial score (nSPS) is 11.7. The van der Waals surface area contributed by atoms with Crippen molar-refractivity contribution < 1.29 is 4.39 Å². The lowest BCUT2D eigenvalue weighted by atomic mass is 10.1. The minimum atomic E-state index is -0.516. The van der Waals surface area contributed by atoms with Crippen molar-refractivity contribution in [3.63, 3.8) is 0 Å². The third-order valence-corrected chi connectivity index (χ3v) is 3.37. The lowest BCUT2D eigenvalue weighted by Crippen LogP contribution is -1.98. The Bertz CT molecular complexity index is 653. The van der Waals surface area contributed by atoms with Crippen molar-refractivity contribution in [3.8, 4) is 0 Å². The van der Waals surface area contributed by atoms with Gasteiger partial charge in [0, 0.05) is 21.8 Å². The summed E-state index contributed by atoms with van der Waals surface area (Å²) < 4.78 is 13.8. The van der Waals surface area contributed by atoms with Gasteiger partial charge in [0.1, 0.15) is 5.82 Å². The van der Waals surface area contributed by atoms with E-state index >= 15 is 0 Å². The van der Waals surface area contributed by atoms with Crippen LogP contribution < -0.4 is 5.73 Å². The van der Waals surface area contributed by atoms with Crippen LogP contribution in [0.5, 0.6) is 0 Å². The van der Waals surface area contributed by atoms with Gasteiger partial charge in [0.25, 0.3) is 0 Å². The standard InChI is InChI=1S/C14H9Cl3FN/c15-9-4-5-10(12(17)7-9)13(19)6-8-2-1-3-11(16)14(8)18/h1-7H,19H2/b13-6-. The predicted octanol–water partition coefficient (Wildman–Crippen LogP) is 5.24. The molecule has 2 aromatic carbocycles. The Hall–Kier alpha value is -1.22. The maximum absolute atomic E-state index is 13.8. The van der Waals surface area contributed by atoms with Crippen LogP contribution in [0.25, 0.3) is 11.8 Å². The van der Waals surface area contributed by atoms with E-state index in [1.54, 1.807) is 30.3 Å². The molecular weight excluding hydrogens is 308 g/mol. The summed E-state index contributed by atoms with van der Waals surface area (Å²) in [7, 11) is 0. The molecule has 0 saturated carbocycles. The number of nitrogens with two attached hydrogens (primary N) is 1. The minimum Gasteiger partial charge on any atom is -0.398 e. The average molecular weight is 317 g/mol. The van der Waals surface area contributed by atoms with Gasteiger partial charge in [-0.2, -0.15) is 0 Å². The highest BCUT2D eigenvalue weighted by Gasteiger charge is 2.07. The first kappa shape index (κ1) is 14.2. The summed E-state index contributed by atoms with van der Waals surface area (Å²) in [5.41, 5.74) is 7.15. The number of hydrogen-bond donors (Lipinski definition) is 1. The van der Waals surface area contributed by atoms with E-state index in [0.29, 0.717) is 26.9 Å². The molecule has 19 heavy (non-hydrogen) atoms. The van der Waals surface area contributed by atoms with Gasteiger partial charge in [-0.15, -0.1) is 0 Å². The van der Waals surface area contributed by atoms with E-state index in [4.69, 9.17) is 40.5 Å². The third kappa shape index (κ3) is 3.21. The molecule has 1 nitrogen and oxygen atoms in total. The van der Waals surface area contributed by atoms with Gasteiger partial charge in [-0.3, -0.25) is 0 Å². The van der Waals surface area contributed by atoms with Crippen molar-refractivity contribution in [3.05, 3.63) is 68.4 Å². The highest BCUT2D eigenvalue weighted by molar-refractivity contribution is 6.35. The summed E-state index contributed by atoms with van der Waals surface area (Å²) >= 11 is 17.5. The van der Waals surface area contributed by atoms with Crippen LogP contribution in [0.15, 0.2) is 36.4 Å². The highest BCUT2D eigenvalue weighted by Crippen LogP contribution is 2.27. The van der Waals surface area contributed by atoms with Crippen molar-refractivity contribution in [1.29, 1.82) is 0 Å². The molecule has 0 saturated heterocycles. The van der Waals surface area contributed by atoms with Gasteiger partial charge >= 0.3 is 0 Å². The third-order valence-electron chi connectivity index (χ3n) is 2.53. The van der Waals surface area contributed by atoms with Crippen LogP contribution in [0.3, 0.4) is 0 Å². The molecule has 0 atom stereocenters. The summed E-state index contributed by atoms with van der Waals surface area (Å²) in [6.45, 7) is 0. The monoisotopic (exact) mass is 315 g/mol. The molecular formula is C14H9Cl3FN. The van der Waals surface area contributed by atoms with Gasteiger partial charge < -0.3 is 5.73 Å². The van der Waals surface area contributed by atoms with E-state index in [-0.39, 0.29) is 5.02 Å². The van der Waals surface area contributed by atoms with Crippen molar-refractivity contribution in [2.75, 3.05) is 0 Å². The second-order valence-corrected chi connectivity index (χ2v) is 5.12. The first-order valence-electron chi connectivity index (χ1n) is 5.35. The largest absolute Gasteiger partial charge is 0.398 e. The summed E-state index contributed by atoms with van der Waals surface area (Å²) in [6.07, 6.45) is 1.48. The van der Waals surface area contributed by atoms with Crippen LogP contribution >= 0.6 is 34.8 Å². The summed E-state index contributed by atoms with van der Waals surface area (Å²) in [4.78, 5) is 0. The zero-order valence-corrected chi connectivity index (χ0v) is 11.9. The molecule has 2 rings (SSSR count). The summed E-state index contributed by atoms with van der Waals surface area (Å²) in [5.74, 6) is -0.516. The van der Waals surface area contributed by atoms with Crippen molar-refractivity contribution in [2.45, 2.75) is 0 Å². The molecule has 2 aromatic rings. The molecule has 0 aliphatic heterocycles. The molecule has 0 heterocycles. The van der Waals surface area contributed by atoms with Gasteiger partial charge in [-0.1, -0.05) is 46.9 Å². The van der Waals surface area contributed by atoms with E-state index in [9.17, 15) is 4.39 Å². The second-order valence-electron chi connectivity index (χ2n) is 3.87. The van der Waals surface area contributed by atoms with Crippen molar-refractivity contribution in [1.82, 2.24) is 0 Å². The van der Waals surface area contributed by atoms with Crippen LogP contribution in [0.4, 0.5) is 4.39 Å². The number of hydrogen-bond acceptors (Lipinski definition) is 1. The van der Waals surface area contributed by atoms with E-state index < -0.39 is 5.82 Å². The fourth-order valence-corrected chi connectivity index (χ4v) is 2.30. The Labute approximate surface area is 125 Å². The minimum absolute atomic E-state index is 0.0451. The van der Waals surface area contributed by atoms with E-state index in [2.05, 4.69) is 0 Å². The zero-order valence-electron chi connectivity index (χ0n) is 9.63. The fourth-order valence-electron chi connectivity index (χ4n) is 1.60. The van der Waals surface area contributed by atoms with Gasteiger partial charge in [0.2, 0.25) is 0 Å². The molecule has 0 spiro atoms. The molecule has 5 heteroatoms. The van der Waals surface area contributed by atoms with Gasteiger partial charge in [0.15, 0.2) is 0 Å². The van der Waals surface area contributed by atoms with E-state index in [1.807, 2.05) is 0 Å². The second kappa shape index (κ2) is 5.83. The highest BCUT2D eigenvalue weighted by atomic mass is 35.5. The molecule has 0 bridgehead atoms. The Morgan fingerprint density at radius 3 is 2.47 bits per heavy atom. The number of rotatable bonds is 2. The summed E-state index contributed by atoms with van der Waals surface area (Å²) in [5, 5.41) is 0.961.